The maximum atomic E-state index is 13.8. The molecule has 7 nitrogen and oxygen atoms in total. The summed E-state index contributed by atoms with van der Waals surface area (Å²) in [4.78, 5) is 40.0. The van der Waals surface area contributed by atoms with E-state index in [9.17, 15) is 23.2 Å². The van der Waals surface area contributed by atoms with Gasteiger partial charge in [-0.3, -0.25) is 19.7 Å². The van der Waals surface area contributed by atoms with Gasteiger partial charge in [0.15, 0.2) is 18.3 Å². The topological polar surface area (TPSA) is 98.5 Å². The predicted octanol–water partition coefficient (Wildman–Crippen LogP) is 4.35. The lowest BCUT2D eigenvalue weighted by molar-refractivity contribution is -0.148. The van der Waals surface area contributed by atoms with Crippen molar-refractivity contribution in [2.24, 2.45) is 0 Å². The van der Waals surface area contributed by atoms with Gasteiger partial charge >= 0.3 is 5.97 Å². The molecule has 0 saturated heterocycles. The summed E-state index contributed by atoms with van der Waals surface area (Å²) in [6.07, 6.45) is 0.972. The highest BCUT2D eigenvalue weighted by Crippen LogP contribution is 2.27. The number of amides is 2. The van der Waals surface area contributed by atoms with Gasteiger partial charge in [-0.1, -0.05) is 39.0 Å². The largest absolute Gasteiger partial charge is 0.456 e. The van der Waals surface area contributed by atoms with Crippen molar-refractivity contribution in [3.63, 3.8) is 0 Å². The summed E-state index contributed by atoms with van der Waals surface area (Å²) in [7, 11) is 0. The number of hydrogen-bond donors (Lipinski definition) is 1. The molecular weight excluding hydrogens is 446 g/mol. The molecule has 2 amide bonds. The van der Waals surface area contributed by atoms with Crippen LogP contribution in [-0.2, 0) is 26.2 Å². The maximum Gasteiger partial charge on any atom is 0.306 e. The van der Waals surface area contributed by atoms with Crippen LogP contribution >= 0.6 is 0 Å². The number of aromatic nitrogens is 1. The molecule has 0 aliphatic rings. The fraction of sp³-hybridized carbons (Fsp3) is 0.280. The quantitative estimate of drug-likeness (QED) is 0.516. The molecule has 0 fully saturated rings. The van der Waals surface area contributed by atoms with Crippen LogP contribution in [0.4, 0.5) is 8.78 Å². The molecule has 1 heterocycles. The Balaban J connectivity index is 1.45. The van der Waals surface area contributed by atoms with Crippen LogP contribution in [0, 0.1) is 11.6 Å². The summed E-state index contributed by atoms with van der Waals surface area (Å²) in [5, 5.41) is 2.16. The number of halogens is 2. The van der Waals surface area contributed by atoms with E-state index in [1.165, 1.54) is 6.07 Å². The Bertz CT molecular complexity index is 1180. The molecule has 3 aromatic rings. The molecule has 9 heteroatoms. The molecule has 0 unspecified atom stereocenters. The van der Waals surface area contributed by atoms with E-state index in [2.05, 4.69) is 10.3 Å². The highest BCUT2D eigenvalue weighted by Gasteiger charge is 2.18. The van der Waals surface area contributed by atoms with Crippen LogP contribution in [-0.4, -0.2) is 29.4 Å². The third kappa shape index (κ3) is 6.34. The second kappa shape index (κ2) is 10.4. The van der Waals surface area contributed by atoms with E-state index >= 15 is 0 Å². The molecule has 2 aromatic carbocycles. The van der Waals surface area contributed by atoms with E-state index < -0.39 is 36.0 Å². The highest BCUT2D eigenvalue weighted by atomic mass is 19.1. The molecule has 0 saturated carbocycles. The number of ether oxygens (including phenoxy) is 1. The molecule has 0 atom stereocenters. The number of oxazole rings is 1. The third-order valence-electron chi connectivity index (χ3n) is 4.94. The van der Waals surface area contributed by atoms with Crippen LogP contribution in [0.3, 0.4) is 0 Å². The molecule has 0 radical (unpaired) electrons. The number of imide groups is 1. The first-order valence-electron chi connectivity index (χ1n) is 10.5. The number of nitrogens with zero attached hydrogens (tertiary/aromatic N) is 1. The zero-order valence-electron chi connectivity index (χ0n) is 19.0. The fourth-order valence-electron chi connectivity index (χ4n) is 3.06. The number of aryl methyl sites for hydroxylation is 1. The highest BCUT2D eigenvalue weighted by molar-refractivity contribution is 6.05. The Morgan fingerprint density at radius 3 is 2.29 bits per heavy atom. The number of nitrogens with one attached hydrogen (secondary N) is 1. The second-order valence-corrected chi connectivity index (χ2v) is 8.58. The number of hydrogen-bond acceptors (Lipinski definition) is 6. The molecule has 1 N–H and O–H groups in total. The van der Waals surface area contributed by atoms with Crippen molar-refractivity contribution in [1.82, 2.24) is 10.3 Å². The van der Waals surface area contributed by atoms with E-state index in [1.807, 2.05) is 32.9 Å². The fourth-order valence-corrected chi connectivity index (χ4v) is 3.06. The molecule has 0 aliphatic carbocycles. The first-order chi connectivity index (χ1) is 16.0. The van der Waals surface area contributed by atoms with E-state index in [1.54, 1.807) is 12.1 Å². The maximum absolute atomic E-state index is 13.8. The van der Waals surface area contributed by atoms with Crippen LogP contribution < -0.4 is 5.32 Å². The zero-order chi connectivity index (χ0) is 24.9. The van der Waals surface area contributed by atoms with E-state index in [-0.39, 0.29) is 35.5 Å². The van der Waals surface area contributed by atoms with Crippen LogP contribution in [0.15, 0.2) is 53.1 Å². The number of carbonyl (C=O) groups excluding carboxylic acids is 3. The summed E-state index contributed by atoms with van der Waals surface area (Å²) in [5.41, 5.74) is 0.929. The van der Waals surface area contributed by atoms with Gasteiger partial charge in [0, 0.05) is 12.0 Å². The molecule has 34 heavy (non-hydrogen) atoms. The molecular formula is C25H24F2N2O5. The minimum Gasteiger partial charge on any atom is -0.456 e. The van der Waals surface area contributed by atoms with Crippen molar-refractivity contribution < 1.29 is 32.3 Å². The molecule has 178 valence electrons. The second-order valence-electron chi connectivity index (χ2n) is 8.58. The van der Waals surface area contributed by atoms with Gasteiger partial charge in [0.05, 0.1) is 18.2 Å². The average Bonchev–Trinajstić information content (AvgIpc) is 3.24. The molecule has 0 aliphatic heterocycles. The molecule has 3 rings (SSSR count). The van der Waals surface area contributed by atoms with Gasteiger partial charge in [-0.2, -0.15) is 0 Å². The predicted molar refractivity (Wildman–Crippen MR) is 119 cm³/mol. The van der Waals surface area contributed by atoms with Crippen molar-refractivity contribution in [3.05, 3.63) is 77.3 Å². The van der Waals surface area contributed by atoms with E-state index in [0.717, 1.165) is 23.9 Å². The van der Waals surface area contributed by atoms with Crippen LogP contribution in [0.1, 0.15) is 49.0 Å². The van der Waals surface area contributed by atoms with Crippen molar-refractivity contribution >= 4 is 17.8 Å². The smallest absolute Gasteiger partial charge is 0.306 e. The van der Waals surface area contributed by atoms with Gasteiger partial charge in [-0.05, 0) is 35.2 Å². The van der Waals surface area contributed by atoms with E-state index in [4.69, 9.17) is 9.15 Å². The number of carbonyl (C=O) groups is 3. The zero-order valence-corrected chi connectivity index (χ0v) is 19.0. The lowest BCUT2D eigenvalue weighted by Crippen LogP contribution is -2.34. The Kier molecular flexibility index (Phi) is 7.55. The molecule has 0 bridgehead atoms. The van der Waals surface area contributed by atoms with Crippen molar-refractivity contribution in [2.45, 2.75) is 39.0 Å². The summed E-state index contributed by atoms with van der Waals surface area (Å²) >= 11 is 0. The van der Waals surface area contributed by atoms with Crippen LogP contribution in [0.25, 0.3) is 11.3 Å². The Hall–Kier alpha value is -3.88. The minimum atomic E-state index is -0.798. The molecule has 1 aromatic heterocycles. The van der Waals surface area contributed by atoms with Gasteiger partial charge in [0.2, 0.25) is 0 Å². The lowest BCUT2D eigenvalue weighted by Gasteiger charge is -2.18. The SMILES string of the molecule is CC(C)(C)c1ccc(C(=O)NC(=O)COC(=O)CCc2ncc(-c3c(F)cccc3F)o2)cc1. The van der Waals surface area contributed by atoms with Crippen molar-refractivity contribution in [2.75, 3.05) is 6.61 Å². The summed E-state index contributed by atoms with van der Waals surface area (Å²) in [5.74, 6) is -3.73. The van der Waals surface area contributed by atoms with Gasteiger partial charge in [-0.15, -0.1) is 0 Å². The minimum absolute atomic E-state index is 0.00438. The third-order valence-corrected chi connectivity index (χ3v) is 4.94. The van der Waals surface area contributed by atoms with Crippen molar-refractivity contribution in [3.8, 4) is 11.3 Å². The Labute approximate surface area is 195 Å². The lowest BCUT2D eigenvalue weighted by atomic mass is 9.87. The number of rotatable bonds is 7. The van der Waals surface area contributed by atoms with Crippen molar-refractivity contribution in [1.29, 1.82) is 0 Å². The monoisotopic (exact) mass is 470 g/mol. The summed E-state index contributed by atoms with van der Waals surface area (Å²) in [6.45, 7) is 5.50. The van der Waals surface area contributed by atoms with E-state index in [0.29, 0.717) is 5.56 Å². The first-order valence-corrected chi connectivity index (χ1v) is 10.5. The van der Waals surface area contributed by atoms with Gasteiger partial charge in [-0.25, -0.2) is 13.8 Å². The summed E-state index contributed by atoms with van der Waals surface area (Å²) in [6, 6.07) is 10.3. The first kappa shape index (κ1) is 24.8. The number of benzene rings is 2. The van der Waals surface area contributed by atoms with Crippen LogP contribution in [0.5, 0.6) is 0 Å². The summed E-state index contributed by atoms with van der Waals surface area (Å²) < 4.78 is 37.8. The molecule has 0 spiro atoms. The standard InChI is InChI=1S/C25H24F2N2O5/c1-25(2,3)16-9-7-15(8-10-16)24(32)29-20(30)14-33-22(31)12-11-21-28-13-19(34-21)23-17(26)5-4-6-18(23)27/h4-10,13H,11-12,14H2,1-3H3,(H,29,30,32). The Morgan fingerprint density at radius 2 is 1.68 bits per heavy atom. The Morgan fingerprint density at radius 1 is 1.03 bits per heavy atom. The number of esters is 1. The van der Waals surface area contributed by atoms with Crippen LogP contribution in [0.2, 0.25) is 0 Å². The normalized spacial score (nSPS) is 11.2. The van der Waals surface area contributed by atoms with Gasteiger partial charge < -0.3 is 9.15 Å². The average molecular weight is 470 g/mol. The van der Waals surface area contributed by atoms with Gasteiger partial charge in [0.1, 0.15) is 11.6 Å². The van der Waals surface area contributed by atoms with Gasteiger partial charge in [0.25, 0.3) is 11.8 Å².